The lowest BCUT2D eigenvalue weighted by Gasteiger charge is -1.98. The van der Waals surface area contributed by atoms with Gasteiger partial charge >= 0.3 is 0 Å². The first-order chi connectivity index (χ1) is 8.66. The molecule has 0 bridgehead atoms. The quantitative estimate of drug-likeness (QED) is 0.686. The second-order valence-electron chi connectivity index (χ2n) is 3.77. The summed E-state index contributed by atoms with van der Waals surface area (Å²) >= 11 is 3.32. The van der Waals surface area contributed by atoms with Crippen LogP contribution in [0.4, 0.5) is 0 Å². The first kappa shape index (κ1) is 12.6. The number of hydrogen-bond donors (Lipinski definition) is 1. The Morgan fingerprint density at radius 2 is 1.89 bits per heavy atom. The van der Waals surface area contributed by atoms with Gasteiger partial charge in [0.2, 0.25) is 0 Å². The molecule has 0 atom stereocenters. The summed E-state index contributed by atoms with van der Waals surface area (Å²) in [6.07, 6.45) is 3.06. The van der Waals surface area contributed by atoms with Crippen molar-refractivity contribution in [1.82, 2.24) is 0 Å². The summed E-state index contributed by atoms with van der Waals surface area (Å²) in [5, 5.41) is 9.57. The standard InChI is InChI=1S/C15H11BrO2/c16-13-6-3-5-12(10-13)15(18)9-8-11-4-1-2-7-14(11)17/h1-10,17H. The Morgan fingerprint density at radius 1 is 1.11 bits per heavy atom. The highest BCUT2D eigenvalue weighted by Crippen LogP contribution is 2.18. The monoisotopic (exact) mass is 302 g/mol. The van der Waals surface area contributed by atoms with Crippen molar-refractivity contribution >= 4 is 27.8 Å². The third kappa shape index (κ3) is 3.08. The van der Waals surface area contributed by atoms with Crippen molar-refractivity contribution in [2.75, 3.05) is 0 Å². The highest BCUT2D eigenvalue weighted by atomic mass is 79.9. The molecule has 2 aromatic carbocycles. The lowest BCUT2D eigenvalue weighted by Crippen LogP contribution is -1.93. The van der Waals surface area contributed by atoms with Gasteiger partial charge in [0.1, 0.15) is 5.75 Å². The minimum absolute atomic E-state index is 0.0976. The van der Waals surface area contributed by atoms with Crippen LogP contribution in [0.2, 0.25) is 0 Å². The molecule has 0 unspecified atom stereocenters. The van der Waals surface area contributed by atoms with E-state index in [0.29, 0.717) is 11.1 Å². The topological polar surface area (TPSA) is 37.3 Å². The highest BCUT2D eigenvalue weighted by Gasteiger charge is 2.02. The fraction of sp³-hybridized carbons (Fsp3) is 0. The number of rotatable bonds is 3. The number of ketones is 1. The molecule has 2 rings (SSSR count). The number of para-hydroxylation sites is 1. The third-order valence-corrected chi connectivity index (χ3v) is 2.95. The summed E-state index contributed by atoms with van der Waals surface area (Å²) in [6.45, 7) is 0. The fourth-order valence-electron chi connectivity index (χ4n) is 1.53. The molecule has 0 radical (unpaired) electrons. The van der Waals surface area contributed by atoms with Gasteiger partial charge in [-0.25, -0.2) is 0 Å². The molecule has 0 fully saturated rings. The molecule has 18 heavy (non-hydrogen) atoms. The number of benzene rings is 2. The van der Waals surface area contributed by atoms with Gasteiger partial charge in [0.15, 0.2) is 5.78 Å². The highest BCUT2D eigenvalue weighted by molar-refractivity contribution is 9.10. The third-order valence-electron chi connectivity index (χ3n) is 2.46. The van der Waals surface area contributed by atoms with Crippen molar-refractivity contribution in [1.29, 1.82) is 0 Å². The van der Waals surface area contributed by atoms with Gasteiger partial charge in [0.05, 0.1) is 0 Å². The van der Waals surface area contributed by atoms with Crippen molar-refractivity contribution in [3.05, 3.63) is 70.2 Å². The van der Waals surface area contributed by atoms with Crippen LogP contribution in [0, 0.1) is 0 Å². The van der Waals surface area contributed by atoms with Gasteiger partial charge in [-0.1, -0.05) is 46.3 Å². The minimum Gasteiger partial charge on any atom is -0.507 e. The lowest BCUT2D eigenvalue weighted by molar-refractivity contribution is 0.104. The van der Waals surface area contributed by atoms with Crippen molar-refractivity contribution < 1.29 is 9.90 Å². The van der Waals surface area contributed by atoms with E-state index in [1.807, 2.05) is 18.2 Å². The van der Waals surface area contributed by atoms with Gasteiger partial charge in [0.25, 0.3) is 0 Å². The van der Waals surface area contributed by atoms with Crippen molar-refractivity contribution in [2.24, 2.45) is 0 Å². The Labute approximate surface area is 114 Å². The molecule has 0 aromatic heterocycles. The molecule has 2 nitrogen and oxygen atoms in total. The largest absolute Gasteiger partial charge is 0.507 e. The van der Waals surface area contributed by atoms with E-state index in [1.54, 1.807) is 36.4 Å². The Balaban J connectivity index is 2.20. The van der Waals surface area contributed by atoms with Gasteiger partial charge in [-0.2, -0.15) is 0 Å². The molecular formula is C15H11BrO2. The van der Waals surface area contributed by atoms with E-state index < -0.39 is 0 Å². The zero-order valence-electron chi connectivity index (χ0n) is 9.51. The van der Waals surface area contributed by atoms with E-state index in [-0.39, 0.29) is 11.5 Å². The van der Waals surface area contributed by atoms with E-state index in [9.17, 15) is 9.90 Å². The first-order valence-electron chi connectivity index (χ1n) is 5.43. The molecule has 0 aliphatic heterocycles. The first-order valence-corrected chi connectivity index (χ1v) is 6.22. The van der Waals surface area contributed by atoms with Crippen LogP contribution in [0.1, 0.15) is 15.9 Å². The number of hydrogen-bond acceptors (Lipinski definition) is 2. The Morgan fingerprint density at radius 3 is 2.61 bits per heavy atom. The maximum absolute atomic E-state index is 11.9. The number of carbonyl (C=O) groups excluding carboxylic acids is 1. The lowest BCUT2D eigenvalue weighted by atomic mass is 10.1. The molecule has 2 aromatic rings. The normalized spacial score (nSPS) is 10.7. The fourth-order valence-corrected chi connectivity index (χ4v) is 1.93. The van der Waals surface area contributed by atoms with E-state index in [0.717, 1.165) is 4.47 Å². The zero-order valence-corrected chi connectivity index (χ0v) is 11.1. The van der Waals surface area contributed by atoms with Crippen LogP contribution in [-0.2, 0) is 0 Å². The second kappa shape index (κ2) is 5.65. The summed E-state index contributed by atoms with van der Waals surface area (Å²) in [5.41, 5.74) is 1.23. The SMILES string of the molecule is O=C(C=Cc1ccccc1O)c1cccc(Br)c1. The number of aromatic hydroxyl groups is 1. The summed E-state index contributed by atoms with van der Waals surface area (Å²) in [7, 11) is 0. The van der Waals surface area contributed by atoms with Gasteiger partial charge < -0.3 is 5.11 Å². The smallest absolute Gasteiger partial charge is 0.185 e. The molecule has 0 saturated heterocycles. The van der Waals surface area contributed by atoms with Gasteiger partial charge in [-0.05, 0) is 30.4 Å². The van der Waals surface area contributed by atoms with Crippen LogP contribution < -0.4 is 0 Å². The van der Waals surface area contributed by atoms with Crippen molar-refractivity contribution in [3.63, 3.8) is 0 Å². The predicted octanol–water partition coefficient (Wildman–Crippen LogP) is 4.05. The van der Waals surface area contributed by atoms with Crippen LogP contribution in [0.3, 0.4) is 0 Å². The summed E-state index contributed by atoms with van der Waals surface area (Å²) in [6, 6.07) is 14.1. The second-order valence-corrected chi connectivity index (χ2v) is 4.68. The molecule has 1 N–H and O–H groups in total. The van der Waals surface area contributed by atoms with Crippen LogP contribution >= 0.6 is 15.9 Å². The maximum Gasteiger partial charge on any atom is 0.185 e. The van der Waals surface area contributed by atoms with E-state index in [1.165, 1.54) is 6.08 Å². The number of halogens is 1. The van der Waals surface area contributed by atoms with Gasteiger partial charge in [-0.3, -0.25) is 4.79 Å². The summed E-state index contributed by atoms with van der Waals surface area (Å²) in [5.74, 6) is 0.0651. The number of phenols is 1. The summed E-state index contributed by atoms with van der Waals surface area (Å²) < 4.78 is 0.865. The maximum atomic E-state index is 11.9. The molecule has 0 heterocycles. The minimum atomic E-state index is -0.0976. The van der Waals surface area contributed by atoms with Crippen molar-refractivity contribution in [3.8, 4) is 5.75 Å². The molecular weight excluding hydrogens is 292 g/mol. The van der Waals surface area contributed by atoms with Gasteiger partial charge in [0, 0.05) is 15.6 Å². The number of phenolic OH excluding ortho intramolecular Hbond substituents is 1. The predicted molar refractivity (Wildman–Crippen MR) is 75.6 cm³/mol. The Bertz CT molecular complexity index is 603. The van der Waals surface area contributed by atoms with Crippen LogP contribution in [0.5, 0.6) is 5.75 Å². The van der Waals surface area contributed by atoms with E-state index in [4.69, 9.17) is 0 Å². The van der Waals surface area contributed by atoms with Crippen molar-refractivity contribution in [2.45, 2.75) is 0 Å². The average Bonchev–Trinajstić information content (AvgIpc) is 2.37. The average molecular weight is 303 g/mol. The van der Waals surface area contributed by atoms with Crippen LogP contribution in [0.25, 0.3) is 6.08 Å². The number of carbonyl (C=O) groups is 1. The molecule has 0 amide bonds. The van der Waals surface area contributed by atoms with E-state index in [2.05, 4.69) is 15.9 Å². The summed E-state index contributed by atoms with van der Waals surface area (Å²) in [4.78, 5) is 11.9. The molecule has 0 aliphatic rings. The molecule has 0 spiro atoms. The van der Waals surface area contributed by atoms with Crippen LogP contribution in [0.15, 0.2) is 59.1 Å². The van der Waals surface area contributed by atoms with Crippen LogP contribution in [-0.4, -0.2) is 10.9 Å². The molecule has 0 saturated carbocycles. The van der Waals surface area contributed by atoms with Gasteiger partial charge in [-0.15, -0.1) is 0 Å². The molecule has 3 heteroatoms. The zero-order chi connectivity index (χ0) is 13.0. The number of allylic oxidation sites excluding steroid dienone is 1. The van der Waals surface area contributed by atoms with E-state index >= 15 is 0 Å². The molecule has 90 valence electrons. The Kier molecular flexibility index (Phi) is 3.95. The Hall–Kier alpha value is -1.87. The molecule has 0 aliphatic carbocycles.